The van der Waals surface area contributed by atoms with E-state index in [1.54, 1.807) is 12.1 Å². The Balaban J connectivity index is 2.01. The number of benzene rings is 2. The maximum absolute atomic E-state index is 9.90. The Bertz CT molecular complexity index is 1200. The van der Waals surface area contributed by atoms with Crippen LogP contribution in [0.1, 0.15) is 33.7 Å². The van der Waals surface area contributed by atoms with Gasteiger partial charge in [0.25, 0.3) is 0 Å². The van der Waals surface area contributed by atoms with Crippen LogP contribution in [-0.4, -0.2) is 10.2 Å². The number of hydrogen-bond acceptors (Lipinski definition) is 4. The van der Waals surface area contributed by atoms with Crippen molar-refractivity contribution in [2.45, 2.75) is 26.7 Å². The molecule has 0 bridgehead atoms. The summed E-state index contributed by atoms with van der Waals surface area (Å²) >= 11 is 12.3. The van der Waals surface area contributed by atoms with Crippen LogP contribution in [0.5, 0.6) is 5.88 Å². The van der Waals surface area contributed by atoms with Crippen molar-refractivity contribution < 1.29 is 4.74 Å². The average molecular weight is 425 g/mol. The molecule has 3 N–H and O–H groups in total. The molecule has 1 aliphatic heterocycles. The van der Waals surface area contributed by atoms with Crippen molar-refractivity contribution in [3.8, 4) is 23.2 Å². The molecule has 1 atom stereocenters. The zero-order valence-corrected chi connectivity index (χ0v) is 17.6. The maximum Gasteiger partial charge on any atom is 0.244 e. The van der Waals surface area contributed by atoms with Crippen LogP contribution in [0, 0.1) is 32.1 Å². The highest BCUT2D eigenvalue weighted by atomic mass is 35.5. The van der Waals surface area contributed by atoms with E-state index in [9.17, 15) is 5.26 Å². The molecule has 2 heterocycles. The normalized spacial score (nSPS) is 15.7. The predicted octanol–water partition coefficient (Wildman–Crippen LogP) is 5.53. The molecular formula is C22H18Cl2N4O. The first-order valence-electron chi connectivity index (χ1n) is 9.00. The lowest BCUT2D eigenvalue weighted by molar-refractivity contribution is 0.379. The number of nitrogens with zero attached hydrogens (tertiary/aromatic N) is 2. The van der Waals surface area contributed by atoms with Crippen LogP contribution in [0.4, 0.5) is 0 Å². The van der Waals surface area contributed by atoms with Crippen molar-refractivity contribution in [2.24, 2.45) is 5.73 Å². The summed E-state index contributed by atoms with van der Waals surface area (Å²) in [6, 6.07) is 11.8. The fourth-order valence-corrected chi connectivity index (χ4v) is 4.35. The fraction of sp³-hybridized carbons (Fsp3) is 0.182. The summed E-state index contributed by atoms with van der Waals surface area (Å²) in [5, 5.41) is 18.1. The highest BCUT2D eigenvalue weighted by Crippen LogP contribution is 2.47. The number of ether oxygens (including phenoxy) is 1. The summed E-state index contributed by atoms with van der Waals surface area (Å²) in [7, 11) is 0. The molecule has 4 rings (SSSR count). The molecule has 0 spiro atoms. The lowest BCUT2D eigenvalue weighted by Crippen LogP contribution is -2.22. The minimum Gasteiger partial charge on any atom is -0.420 e. The highest BCUT2D eigenvalue weighted by Gasteiger charge is 2.37. The van der Waals surface area contributed by atoms with E-state index < -0.39 is 5.92 Å². The standard InChI is InChI=1S/C22H18Cl2N4O/c1-10-6-11(2)17(12(3)7-10)18-14(9-25)21(26)29-22-19(18)20(27-28-22)13-4-5-15(23)16(24)8-13/h4-8,18H,26H2,1-3H3,(H,27,28)/t18-/m0/s1. The molecule has 146 valence electrons. The summed E-state index contributed by atoms with van der Waals surface area (Å²) in [6.07, 6.45) is 0. The van der Waals surface area contributed by atoms with Crippen LogP contribution in [-0.2, 0) is 0 Å². The summed E-state index contributed by atoms with van der Waals surface area (Å²) in [5.74, 6) is 0.0102. The first-order chi connectivity index (χ1) is 13.8. The Morgan fingerprint density at radius 1 is 1.07 bits per heavy atom. The van der Waals surface area contributed by atoms with Gasteiger partial charge in [-0.25, -0.2) is 0 Å². The molecule has 0 fully saturated rings. The number of fused-ring (bicyclic) bond motifs is 1. The molecule has 0 saturated carbocycles. The van der Waals surface area contributed by atoms with Gasteiger partial charge >= 0.3 is 0 Å². The molecule has 0 amide bonds. The molecule has 29 heavy (non-hydrogen) atoms. The number of rotatable bonds is 2. The first kappa shape index (κ1) is 19.4. The van der Waals surface area contributed by atoms with Gasteiger partial charge in [-0.3, -0.25) is 5.10 Å². The number of nitrogens with two attached hydrogens (primary N) is 1. The maximum atomic E-state index is 9.90. The second-order valence-electron chi connectivity index (χ2n) is 7.18. The summed E-state index contributed by atoms with van der Waals surface area (Å²) in [4.78, 5) is 0. The second kappa shape index (κ2) is 7.14. The quantitative estimate of drug-likeness (QED) is 0.565. The number of nitrogens with one attached hydrogen (secondary N) is 1. The zero-order valence-electron chi connectivity index (χ0n) is 16.1. The number of nitriles is 1. The number of aryl methyl sites for hydroxylation is 3. The SMILES string of the molecule is Cc1cc(C)c([C@@H]2C(C#N)=C(N)Oc3n[nH]c(-c4ccc(Cl)c(Cl)c4)c32)c(C)c1. The molecule has 1 aliphatic rings. The molecule has 7 heteroatoms. The summed E-state index contributed by atoms with van der Waals surface area (Å²) in [5.41, 5.74) is 13.0. The van der Waals surface area contributed by atoms with Gasteiger partial charge < -0.3 is 10.5 Å². The average Bonchev–Trinajstić information content (AvgIpc) is 3.06. The zero-order chi connectivity index (χ0) is 20.9. The van der Waals surface area contributed by atoms with Gasteiger partial charge in [-0.05, 0) is 49.6 Å². The molecule has 5 nitrogen and oxygen atoms in total. The van der Waals surface area contributed by atoms with E-state index in [0.717, 1.165) is 33.4 Å². The number of allylic oxidation sites excluding steroid dienone is 1. The minimum atomic E-state index is -0.410. The first-order valence-corrected chi connectivity index (χ1v) is 9.76. The lowest BCUT2D eigenvalue weighted by atomic mass is 9.79. The van der Waals surface area contributed by atoms with Gasteiger partial charge in [0.15, 0.2) is 0 Å². The van der Waals surface area contributed by atoms with Gasteiger partial charge in [0.2, 0.25) is 11.8 Å². The van der Waals surface area contributed by atoms with Crippen LogP contribution in [0.2, 0.25) is 10.0 Å². The monoisotopic (exact) mass is 424 g/mol. The van der Waals surface area contributed by atoms with Gasteiger partial charge in [-0.1, -0.05) is 47.0 Å². The number of hydrogen-bond donors (Lipinski definition) is 2. The van der Waals surface area contributed by atoms with Gasteiger partial charge in [-0.15, -0.1) is 5.10 Å². The minimum absolute atomic E-state index is 0.0663. The largest absolute Gasteiger partial charge is 0.420 e. The van der Waals surface area contributed by atoms with Crippen LogP contribution < -0.4 is 10.5 Å². The predicted molar refractivity (Wildman–Crippen MR) is 114 cm³/mol. The van der Waals surface area contributed by atoms with Crippen molar-refractivity contribution in [2.75, 3.05) is 0 Å². The van der Waals surface area contributed by atoms with E-state index in [0.29, 0.717) is 27.2 Å². The van der Waals surface area contributed by atoms with Crippen molar-refractivity contribution in [1.82, 2.24) is 10.2 Å². The van der Waals surface area contributed by atoms with E-state index in [2.05, 4.69) is 28.4 Å². The van der Waals surface area contributed by atoms with Crippen LogP contribution in [0.25, 0.3) is 11.3 Å². The molecular weight excluding hydrogens is 407 g/mol. The number of halogens is 2. The summed E-state index contributed by atoms with van der Waals surface area (Å²) in [6.45, 7) is 6.12. The molecule has 0 saturated heterocycles. The molecule has 0 unspecified atom stereocenters. The molecule has 0 aliphatic carbocycles. The Morgan fingerprint density at radius 3 is 2.38 bits per heavy atom. The summed E-state index contributed by atoms with van der Waals surface area (Å²) < 4.78 is 5.68. The topological polar surface area (TPSA) is 87.7 Å². The lowest BCUT2D eigenvalue weighted by Gasteiger charge is -2.27. The van der Waals surface area contributed by atoms with Crippen molar-refractivity contribution in [1.29, 1.82) is 5.26 Å². The van der Waals surface area contributed by atoms with E-state index in [1.807, 2.05) is 26.8 Å². The van der Waals surface area contributed by atoms with Crippen LogP contribution in [0.3, 0.4) is 0 Å². The van der Waals surface area contributed by atoms with Crippen molar-refractivity contribution >= 4 is 23.2 Å². The van der Waals surface area contributed by atoms with Gasteiger partial charge in [0, 0.05) is 5.56 Å². The Hall–Kier alpha value is -2.94. The second-order valence-corrected chi connectivity index (χ2v) is 8.00. The Morgan fingerprint density at radius 2 is 1.76 bits per heavy atom. The third kappa shape index (κ3) is 3.15. The van der Waals surface area contributed by atoms with Gasteiger partial charge in [-0.2, -0.15) is 5.26 Å². The van der Waals surface area contributed by atoms with Crippen molar-refractivity contribution in [3.63, 3.8) is 0 Å². The Kier molecular flexibility index (Phi) is 4.77. The van der Waals surface area contributed by atoms with Gasteiger partial charge in [0.05, 0.1) is 27.2 Å². The van der Waals surface area contributed by atoms with Crippen molar-refractivity contribution in [3.05, 3.63) is 79.7 Å². The third-order valence-electron chi connectivity index (χ3n) is 5.17. The van der Waals surface area contributed by atoms with Gasteiger partial charge in [0.1, 0.15) is 11.6 Å². The molecule has 3 aromatic rings. The van der Waals surface area contributed by atoms with E-state index in [-0.39, 0.29) is 5.88 Å². The Labute approximate surface area is 178 Å². The number of aromatic amines is 1. The van der Waals surface area contributed by atoms with E-state index >= 15 is 0 Å². The molecule has 1 aromatic heterocycles. The van der Waals surface area contributed by atoms with Crippen LogP contribution in [0.15, 0.2) is 41.8 Å². The number of aromatic nitrogens is 2. The highest BCUT2D eigenvalue weighted by molar-refractivity contribution is 6.42. The molecule has 0 radical (unpaired) electrons. The molecule has 2 aromatic carbocycles. The third-order valence-corrected chi connectivity index (χ3v) is 5.91. The van der Waals surface area contributed by atoms with E-state index in [4.69, 9.17) is 33.7 Å². The van der Waals surface area contributed by atoms with Crippen LogP contribution >= 0.6 is 23.2 Å². The fourth-order valence-electron chi connectivity index (χ4n) is 4.05. The smallest absolute Gasteiger partial charge is 0.244 e. The number of H-pyrrole nitrogens is 1. The van der Waals surface area contributed by atoms with E-state index in [1.165, 1.54) is 0 Å².